The van der Waals surface area contributed by atoms with Gasteiger partial charge in [-0.1, -0.05) is 30.3 Å². The Labute approximate surface area is 187 Å². The summed E-state index contributed by atoms with van der Waals surface area (Å²) in [5.41, 5.74) is 2.07. The second kappa shape index (κ2) is 8.24. The van der Waals surface area contributed by atoms with Gasteiger partial charge >= 0.3 is 0 Å². The van der Waals surface area contributed by atoms with Gasteiger partial charge < -0.3 is 9.88 Å². The Morgan fingerprint density at radius 2 is 1.90 bits per heavy atom. The molecule has 7 heteroatoms. The first-order chi connectivity index (χ1) is 15.1. The monoisotopic (exact) mass is 447 g/mol. The molecule has 0 unspecified atom stereocenters. The third-order valence-electron chi connectivity index (χ3n) is 5.46. The number of H-pyrrole nitrogens is 1. The summed E-state index contributed by atoms with van der Waals surface area (Å²) >= 11 is 3.04. The summed E-state index contributed by atoms with van der Waals surface area (Å²) in [7, 11) is 0. The van der Waals surface area contributed by atoms with Crippen molar-refractivity contribution in [1.82, 2.24) is 14.9 Å². The van der Waals surface area contributed by atoms with Crippen molar-refractivity contribution in [3.8, 4) is 11.1 Å². The van der Waals surface area contributed by atoms with Gasteiger partial charge in [-0.3, -0.25) is 9.59 Å². The molecule has 1 amide bonds. The van der Waals surface area contributed by atoms with Crippen LogP contribution < -0.4 is 5.56 Å². The molecule has 5 nitrogen and oxygen atoms in total. The van der Waals surface area contributed by atoms with Crippen LogP contribution in [0.4, 0.5) is 0 Å². The maximum Gasteiger partial charge on any atom is 0.260 e. The second-order valence-corrected chi connectivity index (χ2v) is 9.79. The van der Waals surface area contributed by atoms with E-state index in [1.54, 1.807) is 11.3 Å². The molecule has 0 atom stereocenters. The molecule has 4 aromatic rings. The first-order valence-electron chi connectivity index (χ1n) is 10.2. The van der Waals surface area contributed by atoms with E-state index < -0.39 is 0 Å². The molecule has 0 saturated carbocycles. The highest BCUT2D eigenvalue weighted by molar-refractivity contribution is 7.17. The van der Waals surface area contributed by atoms with Gasteiger partial charge in [-0.05, 0) is 43.5 Å². The summed E-state index contributed by atoms with van der Waals surface area (Å²) in [5, 5.41) is 2.53. The van der Waals surface area contributed by atoms with Crippen molar-refractivity contribution >= 4 is 50.4 Å². The summed E-state index contributed by atoms with van der Waals surface area (Å²) in [6, 6.07) is 13.8. The van der Waals surface area contributed by atoms with Gasteiger partial charge in [0.1, 0.15) is 10.7 Å². The maximum atomic E-state index is 13.3. The Morgan fingerprint density at radius 3 is 2.61 bits per heavy atom. The number of carbonyl (C=O) groups excluding carboxylic acids is 1. The van der Waals surface area contributed by atoms with Crippen molar-refractivity contribution in [1.29, 1.82) is 0 Å². The van der Waals surface area contributed by atoms with Crippen LogP contribution in [0.5, 0.6) is 0 Å². The van der Waals surface area contributed by atoms with E-state index in [2.05, 4.69) is 4.98 Å². The molecule has 0 aliphatic carbocycles. The van der Waals surface area contributed by atoms with Crippen LogP contribution in [-0.4, -0.2) is 33.9 Å². The Kier molecular flexibility index (Phi) is 5.29. The number of amides is 1. The molecule has 4 heterocycles. The molecule has 1 aliphatic rings. The van der Waals surface area contributed by atoms with Crippen molar-refractivity contribution in [2.75, 3.05) is 13.1 Å². The normalized spacial score (nSPS) is 14.5. The number of aromatic amines is 1. The number of fused-ring (bicyclic) bond motifs is 1. The zero-order chi connectivity index (χ0) is 21.4. The maximum absolute atomic E-state index is 13.3. The molecule has 1 saturated heterocycles. The molecule has 5 rings (SSSR count). The first kappa shape index (κ1) is 19.9. The van der Waals surface area contributed by atoms with E-state index in [1.807, 2.05) is 65.7 Å². The lowest BCUT2D eigenvalue weighted by atomic mass is 10.1. The number of hydrogen-bond acceptors (Lipinski definition) is 5. The number of likely N-dealkylation sites (tertiary alicyclic amines) is 1. The van der Waals surface area contributed by atoms with Gasteiger partial charge in [0.25, 0.3) is 11.5 Å². The van der Waals surface area contributed by atoms with Crippen molar-refractivity contribution in [2.45, 2.75) is 19.8 Å². The van der Waals surface area contributed by atoms with Gasteiger partial charge in [-0.2, -0.15) is 0 Å². The SMILES string of the molecule is Cc1ccc(/C=C(/C(=O)N2CCCC2)c2nc3scc(-c4ccccc4)c3c(=O)[nH]2)s1. The van der Waals surface area contributed by atoms with Gasteiger partial charge in [0.05, 0.1) is 11.0 Å². The molecule has 1 aliphatic heterocycles. The number of aryl methyl sites for hydroxylation is 1. The molecular weight excluding hydrogens is 426 g/mol. The summed E-state index contributed by atoms with van der Waals surface area (Å²) in [6.07, 6.45) is 3.87. The molecule has 31 heavy (non-hydrogen) atoms. The lowest BCUT2D eigenvalue weighted by molar-refractivity contribution is -0.123. The van der Waals surface area contributed by atoms with Crippen molar-refractivity contribution < 1.29 is 4.79 Å². The topological polar surface area (TPSA) is 66.1 Å². The summed E-state index contributed by atoms with van der Waals surface area (Å²) in [5.74, 6) is 0.257. The van der Waals surface area contributed by atoms with Crippen LogP contribution in [0.15, 0.2) is 52.6 Å². The lowest BCUT2D eigenvalue weighted by Gasteiger charge is -2.17. The fraction of sp³-hybridized carbons (Fsp3) is 0.208. The number of aromatic nitrogens is 2. The van der Waals surface area contributed by atoms with E-state index in [-0.39, 0.29) is 11.5 Å². The summed E-state index contributed by atoms with van der Waals surface area (Å²) < 4.78 is 0. The van der Waals surface area contributed by atoms with Crippen LogP contribution in [0.3, 0.4) is 0 Å². The summed E-state index contributed by atoms with van der Waals surface area (Å²) in [6.45, 7) is 3.51. The molecule has 0 bridgehead atoms. The highest BCUT2D eigenvalue weighted by atomic mass is 32.1. The van der Waals surface area contributed by atoms with Crippen LogP contribution in [0.2, 0.25) is 0 Å². The van der Waals surface area contributed by atoms with Gasteiger partial charge in [-0.25, -0.2) is 4.98 Å². The van der Waals surface area contributed by atoms with E-state index in [0.717, 1.165) is 41.9 Å². The minimum absolute atomic E-state index is 0.0779. The third-order valence-corrected chi connectivity index (χ3v) is 7.28. The molecule has 0 spiro atoms. The number of nitrogens with one attached hydrogen (secondary N) is 1. The standard InChI is InChI=1S/C24H21N3O2S2/c1-15-9-10-17(31-15)13-18(24(29)27-11-5-6-12-27)21-25-22(28)20-19(14-30-23(20)26-21)16-7-3-2-4-8-16/h2-4,7-10,13-14H,5-6,11-12H2,1H3,(H,25,26,28)/b18-13+. The van der Waals surface area contributed by atoms with Crippen LogP contribution >= 0.6 is 22.7 Å². The van der Waals surface area contributed by atoms with E-state index in [9.17, 15) is 9.59 Å². The van der Waals surface area contributed by atoms with Gasteiger partial charge in [-0.15, -0.1) is 22.7 Å². The highest BCUT2D eigenvalue weighted by Gasteiger charge is 2.25. The minimum Gasteiger partial charge on any atom is -0.339 e. The van der Waals surface area contributed by atoms with Gasteiger partial charge in [0.15, 0.2) is 0 Å². The Bertz CT molecular complexity index is 1340. The zero-order valence-electron chi connectivity index (χ0n) is 17.1. The van der Waals surface area contributed by atoms with Crippen molar-refractivity contribution in [3.63, 3.8) is 0 Å². The zero-order valence-corrected chi connectivity index (χ0v) is 18.7. The number of nitrogens with zero attached hydrogens (tertiary/aromatic N) is 2. The molecule has 1 aromatic carbocycles. The van der Waals surface area contributed by atoms with Crippen molar-refractivity contribution in [2.24, 2.45) is 0 Å². The molecule has 1 N–H and O–H groups in total. The van der Waals surface area contributed by atoms with Gasteiger partial charge in [0.2, 0.25) is 0 Å². The van der Waals surface area contributed by atoms with Crippen LogP contribution in [-0.2, 0) is 4.79 Å². The average Bonchev–Trinajstić information content (AvgIpc) is 3.53. The largest absolute Gasteiger partial charge is 0.339 e. The smallest absolute Gasteiger partial charge is 0.260 e. The molecule has 0 radical (unpaired) electrons. The quantitative estimate of drug-likeness (QED) is 0.438. The molecular formula is C24H21N3O2S2. The third kappa shape index (κ3) is 3.86. The number of rotatable bonds is 4. The number of hydrogen-bond donors (Lipinski definition) is 1. The summed E-state index contributed by atoms with van der Waals surface area (Å²) in [4.78, 5) is 38.7. The average molecular weight is 448 g/mol. The molecule has 3 aromatic heterocycles. The molecule has 156 valence electrons. The van der Waals surface area contributed by atoms with E-state index in [4.69, 9.17) is 4.98 Å². The van der Waals surface area contributed by atoms with Gasteiger partial charge in [0, 0.05) is 33.8 Å². The molecule has 1 fully saturated rings. The Hall–Kier alpha value is -3.03. The lowest BCUT2D eigenvalue weighted by Crippen LogP contribution is -2.29. The first-order valence-corrected chi connectivity index (χ1v) is 11.9. The Balaban J connectivity index is 1.64. The number of benzene rings is 1. The van der Waals surface area contributed by atoms with Crippen molar-refractivity contribution in [3.05, 3.63) is 73.8 Å². The fourth-order valence-electron chi connectivity index (χ4n) is 3.90. The van der Waals surface area contributed by atoms with E-state index >= 15 is 0 Å². The Morgan fingerprint density at radius 1 is 1.13 bits per heavy atom. The van der Waals surface area contributed by atoms with E-state index in [1.165, 1.54) is 16.2 Å². The van der Waals surface area contributed by atoms with Crippen LogP contribution in [0.1, 0.15) is 28.4 Å². The highest BCUT2D eigenvalue weighted by Crippen LogP contribution is 2.32. The predicted octanol–water partition coefficient (Wildman–Crippen LogP) is 5.18. The second-order valence-electron chi connectivity index (χ2n) is 7.62. The minimum atomic E-state index is -0.220. The van der Waals surface area contributed by atoms with E-state index in [0.29, 0.717) is 21.6 Å². The number of carbonyl (C=O) groups is 1. The number of thiophene rings is 2. The van der Waals surface area contributed by atoms with Crippen LogP contribution in [0.25, 0.3) is 33.0 Å². The predicted molar refractivity (Wildman–Crippen MR) is 128 cm³/mol. The fourth-order valence-corrected chi connectivity index (χ4v) is 5.67. The van der Waals surface area contributed by atoms with Crippen LogP contribution in [0, 0.1) is 6.92 Å².